The number of hydrogen-bond acceptors (Lipinski definition) is 5. The second kappa shape index (κ2) is 10.0. The van der Waals surface area contributed by atoms with Gasteiger partial charge >= 0.3 is 12.0 Å². The second-order valence-electron chi connectivity index (χ2n) is 6.43. The zero-order valence-corrected chi connectivity index (χ0v) is 16.8. The third-order valence-electron chi connectivity index (χ3n) is 4.15. The quantitative estimate of drug-likeness (QED) is 0.411. The number of benzene rings is 2. The predicted molar refractivity (Wildman–Crippen MR) is 114 cm³/mol. The Morgan fingerprint density at radius 1 is 1.13 bits per heavy atom. The van der Waals surface area contributed by atoms with Crippen LogP contribution < -0.4 is 10.6 Å². The first kappa shape index (κ1) is 20.8. The molecule has 1 heterocycles. The molecule has 1 aromatic heterocycles. The van der Waals surface area contributed by atoms with E-state index in [0.29, 0.717) is 23.9 Å². The number of urea groups is 1. The number of hydrogen-bond donors (Lipinski definition) is 3. The van der Waals surface area contributed by atoms with Gasteiger partial charge in [0, 0.05) is 11.8 Å². The van der Waals surface area contributed by atoms with Crippen LogP contribution in [-0.2, 0) is 9.53 Å². The lowest BCUT2D eigenvalue weighted by atomic mass is 10.1. The average molecular weight is 405 g/mol. The highest BCUT2D eigenvalue weighted by Gasteiger charge is 2.20. The van der Waals surface area contributed by atoms with E-state index in [1.807, 2.05) is 30.3 Å². The molecule has 0 aliphatic carbocycles. The van der Waals surface area contributed by atoms with Gasteiger partial charge in [0.15, 0.2) is 5.82 Å². The lowest BCUT2D eigenvalue weighted by Crippen LogP contribution is -2.33. The van der Waals surface area contributed by atoms with Gasteiger partial charge in [0.1, 0.15) is 11.9 Å². The average Bonchev–Trinajstić information content (AvgIpc) is 3.18. The summed E-state index contributed by atoms with van der Waals surface area (Å²) < 4.78 is 4.85. The normalized spacial score (nSPS) is 11.8. The van der Waals surface area contributed by atoms with Gasteiger partial charge in [0.05, 0.1) is 6.61 Å². The number of ether oxygens (including phenoxy) is 1. The van der Waals surface area contributed by atoms with E-state index >= 15 is 0 Å². The molecule has 1 unspecified atom stereocenters. The van der Waals surface area contributed by atoms with E-state index < -0.39 is 12.0 Å². The van der Waals surface area contributed by atoms with Crippen molar-refractivity contribution in [3.8, 4) is 0 Å². The molecule has 8 nitrogen and oxygen atoms in total. The Morgan fingerprint density at radius 2 is 1.87 bits per heavy atom. The van der Waals surface area contributed by atoms with Crippen LogP contribution >= 0.6 is 0 Å². The van der Waals surface area contributed by atoms with Crippen LogP contribution in [0.25, 0.3) is 6.08 Å². The summed E-state index contributed by atoms with van der Waals surface area (Å²) in [5, 5.41) is 12.7. The standard InChI is InChI=1S/C22H23N5O3/c1-3-30-19(28)14-11-16-9-12-18(13-10-16)24-22(29)25-20(17-7-5-4-6-8-17)21-23-15(2)26-27-21/h4-14,20H,3H2,1-2H3,(H,23,26,27)(H2,24,25,29)/b14-11+. The molecule has 0 bridgehead atoms. The van der Waals surface area contributed by atoms with Crippen molar-refractivity contribution in [2.75, 3.05) is 11.9 Å². The fraction of sp³-hybridized carbons (Fsp3) is 0.182. The van der Waals surface area contributed by atoms with E-state index in [4.69, 9.17) is 4.74 Å². The van der Waals surface area contributed by atoms with E-state index in [1.54, 1.807) is 44.2 Å². The summed E-state index contributed by atoms with van der Waals surface area (Å²) in [6, 6.07) is 15.7. The zero-order chi connectivity index (χ0) is 21.3. The Hall–Kier alpha value is -3.94. The molecule has 8 heteroatoms. The number of H-pyrrole nitrogens is 1. The number of nitrogens with zero attached hydrogens (tertiary/aromatic N) is 2. The first-order chi connectivity index (χ1) is 14.5. The van der Waals surface area contributed by atoms with Crippen molar-refractivity contribution in [1.29, 1.82) is 0 Å². The van der Waals surface area contributed by atoms with Crippen LogP contribution in [0.3, 0.4) is 0 Å². The molecule has 0 fully saturated rings. The highest BCUT2D eigenvalue weighted by atomic mass is 16.5. The van der Waals surface area contributed by atoms with Crippen molar-refractivity contribution in [3.05, 3.63) is 83.4 Å². The van der Waals surface area contributed by atoms with Gasteiger partial charge in [-0.25, -0.2) is 14.6 Å². The number of nitrogens with one attached hydrogen (secondary N) is 3. The summed E-state index contributed by atoms with van der Waals surface area (Å²) in [6.07, 6.45) is 3.01. The molecular formula is C22H23N5O3. The van der Waals surface area contributed by atoms with Gasteiger partial charge in [-0.1, -0.05) is 42.5 Å². The van der Waals surface area contributed by atoms with Gasteiger partial charge < -0.3 is 15.4 Å². The van der Waals surface area contributed by atoms with Crippen LogP contribution in [0.15, 0.2) is 60.7 Å². The minimum Gasteiger partial charge on any atom is -0.463 e. The minimum atomic E-state index is -0.497. The molecule has 0 aliphatic rings. The van der Waals surface area contributed by atoms with Gasteiger partial charge in [-0.05, 0) is 43.2 Å². The van der Waals surface area contributed by atoms with E-state index in [2.05, 4.69) is 25.8 Å². The minimum absolute atomic E-state index is 0.332. The molecule has 2 amide bonds. The largest absolute Gasteiger partial charge is 0.463 e. The Morgan fingerprint density at radius 3 is 2.50 bits per heavy atom. The molecule has 3 aromatic rings. The highest BCUT2D eigenvalue weighted by Crippen LogP contribution is 2.19. The number of aromatic nitrogens is 3. The van der Waals surface area contributed by atoms with Crippen LogP contribution in [-0.4, -0.2) is 33.8 Å². The summed E-state index contributed by atoms with van der Waals surface area (Å²) in [5.41, 5.74) is 2.29. The molecule has 0 aliphatic heterocycles. The maximum atomic E-state index is 12.6. The molecule has 154 valence electrons. The number of carbonyl (C=O) groups is 2. The Bertz CT molecular complexity index is 1010. The highest BCUT2D eigenvalue weighted by molar-refractivity contribution is 5.90. The van der Waals surface area contributed by atoms with Gasteiger partial charge in [-0.2, -0.15) is 5.10 Å². The van der Waals surface area contributed by atoms with Crippen molar-refractivity contribution in [3.63, 3.8) is 0 Å². The maximum Gasteiger partial charge on any atom is 0.330 e. The van der Waals surface area contributed by atoms with Crippen molar-refractivity contribution >= 4 is 23.8 Å². The smallest absolute Gasteiger partial charge is 0.330 e. The van der Waals surface area contributed by atoms with E-state index in [1.165, 1.54) is 6.08 Å². The van der Waals surface area contributed by atoms with Crippen LogP contribution in [0.1, 0.15) is 35.7 Å². The molecule has 2 aromatic carbocycles. The number of anilines is 1. The fourth-order valence-corrected chi connectivity index (χ4v) is 2.76. The van der Waals surface area contributed by atoms with E-state index in [9.17, 15) is 9.59 Å². The third kappa shape index (κ3) is 5.78. The lowest BCUT2D eigenvalue weighted by Gasteiger charge is -2.17. The molecule has 30 heavy (non-hydrogen) atoms. The van der Waals surface area contributed by atoms with Gasteiger partial charge in [0.25, 0.3) is 0 Å². The van der Waals surface area contributed by atoms with Gasteiger partial charge in [0.2, 0.25) is 0 Å². The molecule has 0 saturated carbocycles. The fourth-order valence-electron chi connectivity index (χ4n) is 2.76. The SMILES string of the molecule is CCOC(=O)/C=C/c1ccc(NC(=O)NC(c2ccccc2)c2n[nH]c(C)n2)cc1. The number of aromatic amines is 1. The second-order valence-corrected chi connectivity index (χ2v) is 6.43. The molecule has 3 rings (SSSR count). The lowest BCUT2D eigenvalue weighted by molar-refractivity contribution is -0.137. The number of carbonyl (C=O) groups excluding carboxylic acids is 2. The summed E-state index contributed by atoms with van der Waals surface area (Å²) in [5.74, 6) is 0.751. The molecular weight excluding hydrogens is 382 g/mol. The first-order valence-corrected chi connectivity index (χ1v) is 9.51. The van der Waals surface area contributed by atoms with Gasteiger partial charge in [-0.3, -0.25) is 5.10 Å². The zero-order valence-electron chi connectivity index (χ0n) is 16.8. The number of esters is 1. The maximum absolute atomic E-state index is 12.6. The number of amides is 2. The van der Waals surface area contributed by atoms with Crippen LogP contribution in [0.2, 0.25) is 0 Å². The predicted octanol–water partition coefficient (Wildman–Crippen LogP) is 3.60. The summed E-state index contributed by atoms with van der Waals surface area (Å²) >= 11 is 0. The van der Waals surface area contributed by atoms with Crippen LogP contribution in [0, 0.1) is 6.92 Å². The summed E-state index contributed by atoms with van der Waals surface area (Å²) in [4.78, 5) is 28.3. The first-order valence-electron chi connectivity index (χ1n) is 9.51. The third-order valence-corrected chi connectivity index (χ3v) is 4.15. The Kier molecular flexibility index (Phi) is 6.94. The van der Waals surface area contributed by atoms with Gasteiger partial charge in [-0.15, -0.1) is 0 Å². The molecule has 0 spiro atoms. The summed E-state index contributed by atoms with van der Waals surface area (Å²) in [6.45, 7) is 3.89. The van der Waals surface area contributed by atoms with Crippen molar-refractivity contribution in [1.82, 2.24) is 20.5 Å². The van der Waals surface area contributed by atoms with Crippen LogP contribution in [0.4, 0.5) is 10.5 Å². The monoisotopic (exact) mass is 405 g/mol. The Labute approximate surface area is 174 Å². The van der Waals surface area contributed by atoms with Crippen molar-refractivity contribution in [2.24, 2.45) is 0 Å². The van der Waals surface area contributed by atoms with Crippen molar-refractivity contribution in [2.45, 2.75) is 19.9 Å². The van der Waals surface area contributed by atoms with Crippen LogP contribution in [0.5, 0.6) is 0 Å². The topological polar surface area (TPSA) is 109 Å². The Balaban J connectivity index is 1.66. The number of aryl methyl sites for hydroxylation is 1. The summed E-state index contributed by atoms with van der Waals surface area (Å²) in [7, 11) is 0. The number of rotatable bonds is 7. The molecule has 0 radical (unpaired) electrons. The van der Waals surface area contributed by atoms with E-state index in [0.717, 1.165) is 11.1 Å². The molecule has 3 N–H and O–H groups in total. The van der Waals surface area contributed by atoms with E-state index in [-0.39, 0.29) is 6.03 Å². The molecule has 0 saturated heterocycles. The van der Waals surface area contributed by atoms with Crippen molar-refractivity contribution < 1.29 is 14.3 Å². The molecule has 1 atom stereocenters.